The lowest BCUT2D eigenvalue weighted by Gasteiger charge is -2.02. The summed E-state index contributed by atoms with van der Waals surface area (Å²) in [5.74, 6) is 0. The highest BCUT2D eigenvalue weighted by atomic mass is 19.3. The summed E-state index contributed by atoms with van der Waals surface area (Å²) in [6.45, 7) is -0.145. The van der Waals surface area contributed by atoms with Crippen LogP contribution in [0, 0.1) is 0 Å². The van der Waals surface area contributed by atoms with E-state index in [0.717, 1.165) is 0 Å². The second kappa shape index (κ2) is 3.39. The molecule has 0 bridgehead atoms. The highest BCUT2D eigenvalue weighted by molar-refractivity contribution is 5.19. The molecule has 0 saturated carbocycles. The van der Waals surface area contributed by atoms with Crippen LogP contribution >= 0.6 is 0 Å². The Labute approximate surface area is 63.1 Å². The molecule has 0 aliphatic heterocycles. The van der Waals surface area contributed by atoms with Crippen molar-refractivity contribution in [3.63, 3.8) is 0 Å². The molecule has 11 heavy (non-hydrogen) atoms. The highest BCUT2D eigenvalue weighted by Gasteiger charge is 2.12. The molecule has 1 radical (unpaired) electrons. The van der Waals surface area contributed by atoms with E-state index in [0.29, 0.717) is 5.56 Å². The van der Waals surface area contributed by atoms with Crippen LogP contribution in [0.3, 0.4) is 0 Å². The zero-order valence-electron chi connectivity index (χ0n) is 5.72. The van der Waals surface area contributed by atoms with Gasteiger partial charge >= 0.3 is 0 Å². The van der Waals surface area contributed by atoms with Crippen molar-refractivity contribution in [2.75, 3.05) is 0 Å². The lowest BCUT2D eigenvalue weighted by Crippen LogP contribution is -1.97. The molecule has 1 rings (SSSR count). The molecule has 0 unspecified atom stereocenters. The first kappa shape index (κ1) is 8.07. The molecule has 59 valence electrons. The maximum Gasteiger partial charge on any atom is 0.280 e. The molecule has 0 fully saturated rings. The van der Waals surface area contributed by atoms with E-state index in [9.17, 15) is 8.78 Å². The fraction of sp³-hybridized carbons (Fsp3) is 0.286. The van der Waals surface area contributed by atoms with Gasteiger partial charge in [-0.15, -0.1) is 0 Å². The molecule has 2 nitrogen and oxygen atoms in total. The van der Waals surface area contributed by atoms with Crippen molar-refractivity contribution in [1.82, 2.24) is 10.7 Å². The third kappa shape index (κ3) is 1.71. The fourth-order valence-corrected chi connectivity index (χ4v) is 0.797. The van der Waals surface area contributed by atoms with Crippen molar-refractivity contribution < 1.29 is 8.78 Å². The second-order valence-corrected chi connectivity index (χ2v) is 2.03. The third-order valence-electron chi connectivity index (χ3n) is 1.32. The van der Waals surface area contributed by atoms with Crippen molar-refractivity contribution in [2.45, 2.75) is 13.0 Å². The first-order valence-corrected chi connectivity index (χ1v) is 3.12. The molecule has 1 N–H and O–H groups in total. The van der Waals surface area contributed by atoms with Gasteiger partial charge < -0.3 is 0 Å². The summed E-state index contributed by atoms with van der Waals surface area (Å²) in [5, 5.41) is 0. The molecule has 0 aromatic carbocycles. The monoisotopic (exact) mass is 157 g/mol. The van der Waals surface area contributed by atoms with Gasteiger partial charge in [0, 0.05) is 12.7 Å². The smallest absolute Gasteiger partial charge is 0.255 e. The molecular weight excluding hydrogens is 150 g/mol. The average molecular weight is 157 g/mol. The van der Waals surface area contributed by atoms with E-state index in [-0.39, 0.29) is 12.2 Å². The molecule has 0 saturated heterocycles. The van der Waals surface area contributed by atoms with Crippen LogP contribution in [0.15, 0.2) is 18.3 Å². The van der Waals surface area contributed by atoms with Crippen LogP contribution in [0.25, 0.3) is 0 Å². The predicted molar refractivity (Wildman–Crippen MR) is 36.0 cm³/mol. The van der Waals surface area contributed by atoms with Gasteiger partial charge in [0.05, 0.1) is 0 Å². The number of hydrogen-bond donors (Lipinski definition) is 0. The van der Waals surface area contributed by atoms with Gasteiger partial charge in [-0.2, -0.15) is 0 Å². The third-order valence-corrected chi connectivity index (χ3v) is 1.32. The van der Waals surface area contributed by atoms with Crippen LogP contribution in [0.2, 0.25) is 0 Å². The number of rotatable bonds is 2. The van der Waals surface area contributed by atoms with Crippen LogP contribution in [0.1, 0.15) is 17.7 Å². The summed E-state index contributed by atoms with van der Waals surface area (Å²) < 4.78 is 24.1. The summed E-state index contributed by atoms with van der Waals surface area (Å²) in [4.78, 5) is 3.48. The molecule has 1 heterocycles. The number of nitrogens with zero attached hydrogens (tertiary/aromatic N) is 1. The number of pyridine rings is 1. The Morgan fingerprint density at radius 1 is 1.55 bits per heavy atom. The zero-order chi connectivity index (χ0) is 8.27. The predicted octanol–water partition coefficient (Wildman–Crippen LogP) is 1.80. The summed E-state index contributed by atoms with van der Waals surface area (Å²) in [6.07, 6.45) is -1.27. The molecule has 0 aliphatic rings. The Kier molecular flexibility index (Phi) is 2.48. The van der Waals surface area contributed by atoms with Gasteiger partial charge in [-0.05, 0) is 11.6 Å². The number of alkyl halides is 2. The first-order valence-electron chi connectivity index (χ1n) is 3.12. The Balaban J connectivity index is 3.02. The second-order valence-electron chi connectivity index (χ2n) is 2.03. The van der Waals surface area contributed by atoms with Gasteiger partial charge in [-0.25, -0.2) is 8.78 Å². The van der Waals surface area contributed by atoms with Gasteiger partial charge in [-0.3, -0.25) is 10.7 Å². The van der Waals surface area contributed by atoms with Crippen LogP contribution < -0.4 is 5.73 Å². The molecule has 1 aromatic rings. The molecule has 0 amide bonds. The number of nitrogens with one attached hydrogen (secondary N) is 1. The largest absolute Gasteiger partial charge is 0.280 e. The zero-order valence-corrected chi connectivity index (χ0v) is 5.72. The quantitative estimate of drug-likeness (QED) is 0.644. The Hall–Kier alpha value is -1.03. The van der Waals surface area contributed by atoms with E-state index in [4.69, 9.17) is 5.73 Å². The van der Waals surface area contributed by atoms with Gasteiger partial charge in [0.15, 0.2) is 0 Å². The van der Waals surface area contributed by atoms with Gasteiger partial charge in [-0.1, -0.05) is 6.07 Å². The summed E-state index contributed by atoms with van der Waals surface area (Å²) in [6, 6.07) is 3.04. The topological polar surface area (TPSA) is 36.7 Å². The minimum Gasteiger partial charge on any atom is -0.255 e. The normalized spacial score (nSPS) is 10.5. The van der Waals surface area contributed by atoms with Gasteiger partial charge in [0.1, 0.15) is 5.69 Å². The molecule has 1 aromatic heterocycles. The Bertz CT molecular complexity index is 238. The van der Waals surface area contributed by atoms with Crippen molar-refractivity contribution >= 4 is 0 Å². The summed E-state index contributed by atoms with van der Waals surface area (Å²) in [7, 11) is 0. The maximum atomic E-state index is 12.1. The minimum atomic E-state index is -2.57. The van der Waals surface area contributed by atoms with Crippen molar-refractivity contribution in [2.24, 2.45) is 0 Å². The van der Waals surface area contributed by atoms with Crippen molar-refractivity contribution in [3.8, 4) is 0 Å². The Morgan fingerprint density at radius 2 is 2.27 bits per heavy atom. The van der Waals surface area contributed by atoms with E-state index in [1.165, 1.54) is 12.3 Å². The van der Waals surface area contributed by atoms with Crippen LogP contribution in [-0.2, 0) is 6.54 Å². The highest BCUT2D eigenvalue weighted by Crippen LogP contribution is 2.19. The first-order chi connectivity index (χ1) is 5.25. The molecule has 4 heteroatoms. The number of halogens is 2. The van der Waals surface area contributed by atoms with E-state index in [2.05, 4.69) is 4.98 Å². The summed E-state index contributed by atoms with van der Waals surface area (Å²) in [5.41, 5.74) is 6.92. The van der Waals surface area contributed by atoms with E-state index in [1.54, 1.807) is 6.07 Å². The van der Waals surface area contributed by atoms with Crippen LogP contribution in [0.4, 0.5) is 8.78 Å². The van der Waals surface area contributed by atoms with E-state index in [1.807, 2.05) is 0 Å². The van der Waals surface area contributed by atoms with Gasteiger partial charge in [0.25, 0.3) is 6.43 Å². The van der Waals surface area contributed by atoms with Gasteiger partial charge in [0.2, 0.25) is 0 Å². The van der Waals surface area contributed by atoms with E-state index >= 15 is 0 Å². The van der Waals surface area contributed by atoms with E-state index < -0.39 is 6.43 Å². The average Bonchev–Trinajstić information content (AvgIpc) is 2.04. The van der Waals surface area contributed by atoms with Crippen molar-refractivity contribution in [1.29, 1.82) is 0 Å². The van der Waals surface area contributed by atoms with Crippen LogP contribution in [-0.4, -0.2) is 4.98 Å². The fourth-order valence-electron chi connectivity index (χ4n) is 0.797. The van der Waals surface area contributed by atoms with Crippen LogP contribution in [0.5, 0.6) is 0 Å². The molecule has 0 aliphatic carbocycles. The lowest BCUT2D eigenvalue weighted by atomic mass is 10.2. The number of hydrogen-bond acceptors (Lipinski definition) is 1. The lowest BCUT2D eigenvalue weighted by molar-refractivity contribution is 0.145. The molecule has 0 atom stereocenters. The summed E-state index contributed by atoms with van der Waals surface area (Å²) >= 11 is 0. The maximum absolute atomic E-state index is 12.1. The SMILES string of the molecule is [NH]Cc1cccnc1C(F)F. The molecule has 0 spiro atoms. The molecular formula is C7H7F2N2. The minimum absolute atomic E-state index is 0.145. The Morgan fingerprint density at radius 3 is 2.73 bits per heavy atom. The van der Waals surface area contributed by atoms with Crippen molar-refractivity contribution in [3.05, 3.63) is 29.6 Å². The number of aromatic nitrogens is 1. The standard InChI is InChI=1S/C7H7F2N2/c8-7(9)6-5(4-10)2-1-3-11-6/h1-3,7,10H,4H2.